The van der Waals surface area contributed by atoms with Crippen molar-refractivity contribution in [3.63, 3.8) is 0 Å². The molecular formula is C13H17Cl2N. The fourth-order valence-corrected chi connectivity index (χ4v) is 2.68. The highest BCUT2D eigenvalue weighted by Gasteiger charge is 2.31. The molecule has 3 heteroatoms. The fourth-order valence-electron chi connectivity index (χ4n) is 2.22. The summed E-state index contributed by atoms with van der Waals surface area (Å²) >= 11 is 12.2. The van der Waals surface area contributed by atoms with E-state index in [4.69, 9.17) is 23.2 Å². The summed E-state index contributed by atoms with van der Waals surface area (Å²) in [6.07, 6.45) is 3.55. The van der Waals surface area contributed by atoms with Crippen molar-refractivity contribution < 1.29 is 0 Å². The standard InChI is InChI=1S/C13H17Cl2N/c1-2-6-16-10-7-9(8-10)11-4-3-5-12(14)13(11)15/h3-5,9-10,16H,2,6-8H2,1H3. The lowest BCUT2D eigenvalue weighted by Crippen LogP contribution is -2.40. The van der Waals surface area contributed by atoms with Crippen LogP contribution in [0.2, 0.25) is 10.0 Å². The second-order valence-electron chi connectivity index (χ2n) is 4.46. The van der Waals surface area contributed by atoms with Gasteiger partial charge < -0.3 is 5.32 Å². The molecule has 0 amide bonds. The van der Waals surface area contributed by atoms with Gasteiger partial charge in [0.25, 0.3) is 0 Å². The zero-order chi connectivity index (χ0) is 11.5. The second-order valence-corrected chi connectivity index (χ2v) is 5.25. The Morgan fingerprint density at radius 1 is 1.31 bits per heavy atom. The van der Waals surface area contributed by atoms with Gasteiger partial charge in [-0.3, -0.25) is 0 Å². The fraction of sp³-hybridized carbons (Fsp3) is 0.538. The molecule has 0 unspecified atom stereocenters. The summed E-state index contributed by atoms with van der Waals surface area (Å²) < 4.78 is 0. The molecule has 1 saturated carbocycles. The molecule has 0 spiro atoms. The molecule has 0 bridgehead atoms. The van der Waals surface area contributed by atoms with Crippen molar-refractivity contribution in [3.8, 4) is 0 Å². The van der Waals surface area contributed by atoms with Gasteiger partial charge in [0.1, 0.15) is 0 Å². The maximum atomic E-state index is 6.20. The van der Waals surface area contributed by atoms with Gasteiger partial charge in [-0.05, 0) is 43.4 Å². The summed E-state index contributed by atoms with van der Waals surface area (Å²) in [5.41, 5.74) is 1.21. The van der Waals surface area contributed by atoms with E-state index in [-0.39, 0.29) is 0 Å². The summed E-state index contributed by atoms with van der Waals surface area (Å²) in [4.78, 5) is 0. The number of rotatable bonds is 4. The van der Waals surface area contributed by atoms with Crippen LogP contribution < -0.4 is 5.32 Å². The van der Waals surface area contributed by atoms with Gasteiger partial charge in [-0.25, -0.2) is 0 Å². The minimum atomic E-state index is 0.584. The van der Waals surface area contributed by atoms with E-state index in [0.29, 0.717) is 17.0 Å². The van der Waals surface area contributed by atoms with E-state index < -0.39 is 0 Å². The molecule has 1 N–H and O–H groups in total. The van der Waals surface area contributed by atoms with Gasteiger partial charge in [-0.1, -0.05) is 42.3 Å². The van der Waals surface area contributed by atoms with Crippen LogP contribution in [0.1, 0.15) is 37.7 Å². The minimum absolute atomic E-state index is 0.584. The first-order valence-corrected chi connectivity index (χ1v) is 6.65. The third kappa shape index (κ3) is 2.53. The second kappa shape index (κ2) is 5.39. The highest BCUT2D eigenvalue weighted by atomic mass is 35.5. The highest BCUT2D eigenvalue weighted by molar-refractivity contribution is 6.42. The van der Waals surface area contributed by atoms with Crippen molar-refractivity contribution in [2.75, 3.05) is 6.54 Å². The lowest BCUT2D eigenvalue weighted by atomic mass is 9.76. The van der Waals surface area contributed by atoms with E-state index in [9.17, 15) is 0 Å². The van der Waals surface area contributed by atoms with Crippen molar-refractivity contribution in [2.45, 2.75) is 38.1 Å². The molecule has 0 saturated heterocycles. The largest absolute Gasteiger partial charge is 0.314 e. The van der Waals surface area contributed by atoms with Gasteiger partial charge in [0.15, 0.2) is 0 Å². The summed E-state index contributed by atoms with van der Waals surface area (Å²) in [6.45, 7) is 3.30. The zero-order valence-electron chi connectivity index (χ0n) is 9.47. The monoisotopic (exact) mass is 257 g/mol. The van der Waals surface area contributed by atoms with Crippen molar-refractivity contribution in [1.29, 1.82) is 0 Å². The Morgan fingerprint density at radius 2 is 2.06 bits per heavy atom. The number of halogens is 2. The third-order valence-corrected chi connectivity index (χ3v) is 4.08. The molecule has 1 aromatic rings. The molecule has 0 atom stereocenters. The van der Waals surface area contributed by atoms with Crippen LogP contribution in [0.4, 0.5) is 0 Å². The lowest BCUT2D eigenvalue weighted by Gasteiger charge is -2.37. The quantitative estimate of drug-likeness (QED) is 0.851. The smallest absolute Gasteiger partial charge is 0.0627 e. The van der Waals surface area contributed by atoms with Gasteiger partial charge in [-0.2, -0.15) is 0 Å². The van der Waals surface area contributed by atoms with Crippen molar-refractivity contribution >= 4 is 23.2 Å². The Bertz CT molecular complexity index is 359. The number of nitrogens with one attached hydrogen (secondary N) is 1. The van der Waals surface area contributed by atoms with Crippen LogP contribution in [0.5, 0.6) is 0 Å². The summed E-state index contributed by atoms with van der Waals surface area (Å²) in [6, 6.07) is 6.59. The van der Waals surface area contributed by atoms with Gasteiger partial charge in [0, 0.05) is 6.04 Å². The van der Waals surface area contributed by atoms with E-state index in [1.54, 1.807) is 0 Å². The third-order valence-electron chi connectivity index (χ3n) is 3.24. The molecule has 1 fully saturated rings. The molecule has 0 aromatic heterocycles. The number of hydrogen-bond donors (Lipinski definition) is 1. The molecule has 88 valence electrons. The van der Waals surface area contributed by atoms with Crippen LogP contribution in [0, 0.1) is 0 Å². The molecule has 2 rings (SSSR count). The minimum Gasteiger partial charge on any atom is -0.314 e. The predicted octanol–water partition coefficient (Wildman–Crippen LogP) is 4.24. The Hall–Kier alpha value is -0.240. The van der Waals surface area contributed by atoms with Crippen LogP contribution in [0.25, 0.3) is 0 Å². The molecule has 1 aliphatic rings. The summed E-state index contributed by atoms with van der Waals surface area (Å²) in [5, 5.41) is 4.94. The van der Waals surface area contributed by atoms with Gasteiger partial charge >= 0.3 is 0 Å². The average molecular weight is 258 g/mol. The molecule has 0 heterocycles. The Balaban J connectivity index is 1.94. The van der Waals surface area contributed by atoms with E-state index in [2.05, 4.69) is 18.3 Å². The normalized spacial score (nSPS) is 24.2. The first kappa shape index (κ1) is 12.2. The van der Waals surface area contributed by atoms with Gasteiger partial charge in [0.2, 0.25) is 0 Å². The molecule has 1 aromatic carbocycles. The Kier molecular flexibility index (Phi) is 4.12. The maximum absolute atomic E-state index is 6.20. The Labute approximate surface area is 107 Å². The van der Waals surface area contributed by atoms with Crippen LogP contribution in [-0.4, -0.2) is 12.6 Å². The molecule has 1 nitrogen and oxygen atoms in total. The molecule has 0 aliphatic heterocycles. The van der Waals surface area contributed by atoms with Crippen LogP contribution in [-0.2, 0) is 0 Å². The average Bonchev–Trinajstić information content (AvgIpc) is 2.22. The van der Waals surface area contributed by atoms with Crippen LogP contribution in [0.15, 0.2) is 18.2 Å². The molecule has 16 heavy (non-hydrogen) atoms. The van der Waals surface area contributed by atoms with Gasteiger partial charge in [0.05, 0.1) is 10.0 Å². The van der Waals surface area contributed by atoms with E-state index in [1.165, 1.54) is 24.8 Å². The number of hydrogen-bond acceptors (Lipinski definition) is 1. The van der Waals surface area contributed by atoms with Crippen molar-refractivity contribution in [3.05, 3.63) is 33.8 Å². The lowest BCUT2D eigenvalue weighted by molar-refractivity contribution is 0.292. The highest BCUT2D eigenvalue weighted by Crippen LogP contribution is 2.41. The van der Waals surface area contributed by atoms with Crippen molar-refractivity contribution in [2.24, 2.45) is 0 Å². The Morgan fingerprint density at radius 3 is 2.75 bits per heavy atom. The van der Waals surface area contributed by atoms with Crippen molar-refractivity contribution in [1.82, 2.24) is 5.32 Å². The van der Waals surface area contributed by atoms with Crippen LogP contribution >= 0.6 is 23.2 Å². The van der Waals surface area contributed by atoms with Crippen LogP contribution in [0.3, 0.4) is 0 Å². The molecule has 1 aliphatic carbocycles. The molecule has 0 radical (unpaired) electrons. The first-order valence-electron chi connectivity index (χ1n) is 5.89. The predicted molar refractivity (Wildman–Crippen MR) is 70.5 cm³/mol. The SMILES string of the molecule is CCCNC1CC(c2cccc(Cl)c2Cl)C1. The van der Waals surface area contributed by atoms with E-state index in [0.717, 1.165) is 11.6 Å². The summed E-state index contributed by atoms with van der Waals surface area (Å²) in [7, 11) is 0. The van der Waals surface area contributed by atoms with E-state index >= 15 is 0 Å². The maximum Gasteiger partial charge on any atom is 0.0627 e. The van der Waals surface area contributed by atoms with E-state index in [1.807, 2.05) is 12.1 Å². The zero-order valence-corrected chi connectivity index (χ0v) is 11.0. The topological polar surface area (TPSA) is 12.0 Å². The first-order chi connectivity index (χ1) is 7.72. The molecular weight excluding hydrogens is 241 g/mol. The summed E-state index contributed by atoms with van der Waals surface area (Å²) in [5.74, 6) is 0.584. The number of benzene rings is 1. The van der Waals surface area contributed by atoms with Gasteiger partial charge in [-0.15, -0.1) is 0 Å².